The molecule has 0 amide bonds. The lowest BCUT2D eigenvalue weighted by Gasteiger charge is -2.29. The van der Waals surface area contributed by atoms with E-state index in [0.717, 1.165) is 13.1 Å². The molecule has 0 aliphatic carbocycles. The zero-order chi connectivity index (χ0) is 19.5. The summed E-state index contributed by atoms with van der Waals surface area (Å²) in [5.74, 6) is 0. The molecule has 28 heavy (non-hydrogen) atoms. The molecule has 0 unspecified atom stereocenters. The summed E-state index contributed by atoms with van der Waals surface area (Å²) in [7, 11) is 0. The molecule has 0 N–H and O–H groups in total. The number of aromatic nitrogens is 1. The third kappa shape index (κ3) is 3.47. The minimum Gasteiger partial charge on any atom is -0.341 e. The topological polar surface area (TPSA) is 7.12 Å². The fraction of sp³-hybridized carbons (Fsp3) is 0.269. The van der Waals surface area contributed by atoms with Crippen LogP contribution in [-0.2, 0) is 6.54 Å². The molecule has 4 rings (SSSR count). The number of fused-ring (bicyclic) bond motifs is 2. The van der Waals surface area contributed by atoms with Gasteiger partial charge in [0.25, 0.3) is 0 Å². The third-order valence-corrected chi connectivity index (χ3v) is 5.55. The van der Waals surface area contributed by atoms with Gasteiger partial charge in [-0.2, -0.15) is 4.57 Å². The SMILES string of the molecule is CCCC[n+]1ccc(/C=C2\C=Cc3cc(C)ccc3N2CC)c2ccccc21. The maximum Gasteiger partial charge on any atom is 0.213 e. The number of para-hydroxylation sites is 1. The second kappa shape index (κ2) is 8.02. The molecule has 2 nitrogen and oxygen atoms in total. The monoisotopic (exact) mass is 369 g/mol. The number of anilines is 1. The van der Waals surface area contributed by atoms with Crippen molar-refractivity contribution < 1.29 is 4.57 Å². The number of pyridine rings is 1. The molecule has 0 radical (unpaired) electrons. The first-order valence-corrected chi connectivity index (χ1v) is 10.4. The van der Waals surface area contributed by atoms with Crippen molar-refractivity contribution in [3.8, 4) is 0 Å². The van der Waals surface area contributed by atoms with E-state index in [4.69, 9.17) is 0 Å². The zero-order valence-electron chi connectivity index (χ0n) is 17.2. The lowest BCUT2D eigenvalue weighted by atomic mass is 10.0. The maximum absolute atomic E-state index is 2.40. The van der Waals surface area contributed by atoms with Gasteiger partial charge in [0.1, 0.15) is 6.54 Å². The average Bonchev–Trinajstić information content (AvgIpc) is 2.73. The summed E-state index contributed by atoms with van der Waals surface area (Å²) >= 11 is 0. The lowest BCUT2D eigenvalue weighted by molar-refractivity contribution is -0.671. The van der Waals surface area contributed by atoms with Crippen LogP contribution >= 0.6 is 0 Å². The summed E-state index contributed by atoms with van der Waals surface area (Å²) in [6, 6.07) is 17.7. The predicted octanol–water partition coefficient (Wildman–Crippen LogP) is 6.13. The second-order valence-corrected chi connectivity index (χ2v) is 7.54. The largest absolute Gasteiger partial charge is 0.341 e. The van der Waals surface area contributed by atoms with E-state index in [1.54, 1.807) is 0 Å². The van der Waals surface area contributed by atoms with Gasteiger partial charge in [0.15, 0.2) is 6.20 Å². The molecule has 0 saturated carbocycles. The molecule has 1 aliphatic heterocycles. The van der Waals surface area contributed by atoms with Crippen molar-refractivity contribution in [1.29, 1.82) is 0 Å². The molecule has 0 fully saturated rings. The Bertz CT molecular complexity index is 1060. The van der Waals surface area contributed by atoms with Gasteiger partial charge in [-0.1, -0.05) is 43.2 Å². The number of rotatable bonds is 5. The normalized spacial score (nSPS) is 14.7. The van der Waals surface area contributed by atoms with E-state index in [9.17, 15) is 0 Å². The molecular weight excluding hydrogens is 340 g/mol. The Morgan fingerprint density at radius 3 is 2.68 bits per heavy atom. The highest BCUT2D eigenvalue weighted by Gasteiger charge is 2.17. The number of aryl methyl sites for hydroxylation is 2. The highest BCUT2D eigenvalue weighted by atomic mass is 15.1. The van der Waals surface area contributed by atoms with Crippen LogP contribution in [0.15, 0.2) is 66.5 Å². The van der Waals surface area contributed by atoms with Gasteiger partial charge >= 0.3 is 0 Å². The Labute approximate surface area is 168 Å². The Balaban J connectivity index is 1.79. The third-order valence-electron chi connectivity index (χ3n) is 5.55. The zero-order valence-corrected chi connectivity index (χ0v) is 17.2. The van der Waals surface area contributed by atoms with Gasteiger partial charge in [-0.3, -0.25) is 0 Å². The van der Waals surface area contributed by atoms with E-state index in [-0.39, 0.29) is 0 Å². The molecule has 0 bridgehead atoms. The molecule has 0 saturated heterocycles. The van der Waals surface area contributed by atoms with E-state index in [1.807, 2.05) is 0 Å². The first-order chi connectivity index (χ1) is 13.7. The molecule has 0 atom stereocenters. The molecule has 142 valence electrons. The van der Waals surface area contributed by atoms with Crippen molar-refractivity contribution in [3.05, 3.63) is 83.2 Å². The van der Waals surface area contributed by atoms with Crippen molar-refractivity contribution in [3.63, 3.8) is 0 Å². The Morgan fingerprint density at radius 2 is 1.86 bits per heavy atom. The highest BCUT2D eigenvalue weighted by Crippen LogP contribution is 2.33. The van der Waals surface area contributed by atoms with Gasteiger partial charge in [-0.05, 0) is 55.3 Å². The number of unbranched alkanes of at least 4 members (excludes halogenated alkanes) is 1. The van der Waals surface area contributed by atoms with Crippen LogP contribution < -0.4 is 9.47 Å². The summed E-state index contributed by atoms with van der Waals surface area (Å²) in [4.78, 5) is 2.40. The van der Waals surface area contributed by atoms with Crippen LogP contribution in [0, 0.1) is 6.92 Å². The Hall–Kier alpha value is -2.87. The van der Waals surface area contributed by atoms with E-state index in [1.165, 1.54) is 51.8 Å². The van der Waals surface area contributed by atoms with Crippen LogP contribution in [0.5, 0.6) is 0 Å². The standard InChI is InChI=1S/C26H29N2/c1-4-6-16-27-17-15-21(24-9-7-8-10-26(24)27)19-23-13-12-22-18-20(3)11-14-25(22)28(23)5-2/h7-15,17-19H,4-6,16H2,1-3H3/q+1. The van der Waals surface area contributed by atoms with Crippen molar-refractivity contribution in [2.24, 2.45) is 0 Å². The fourth-order valence-electron chi connectivity index (χ4n) is 4.05. The second-order valence-electron chi connectivity index (χ2n) is 7.54. The molecule has 3 aromatic rings. The van der Waals surface area contributed by atoms with Crippen molar-refractivity contribution in [2.75, 3.05) is 11.4 Å². The minimum atomic E-state index is 0.952. The Morgan fingerprint density at radius 1 is 1.00 bits per heavy atom. The van der Waals surface area contributed by atoms with Gasteiger partial charge in [0.05, 0.1) is 5.39 Å². The van der Waals surface area contributed by atoms with Gasteiger partial charge in [-0.15, -0.1) is 0 Å². The smallest absolute Gasteiger partial charge is 0.213 e. The first-order valence-electron chi connectivity index (χ1n) is 10.4. The summed E-state index contributed by atoms with van der Waals surface area (Å²) in [6.45, 7) is 8.64. The first kappa shape index (κ1) is 18.5. The minimum absolute atomic E-state index is 0.952. The van der Waals surface area contributed by atoms with Gasteiger partial charge in [0, 0.05) is 36.5 Å². The molecule has 2 aromatic carbocycles. The maximum atomic E-state index is 2.40. The molecule has 1 aromatic heterocycles. The molecule has 0 spiro atoms. The van der Waals surface area contributed by atoms with Crippen LogP contribution in [0.2, 0.25) is 0 Å². The van der Waals surface area contributed by atoms with Crippen molar-refractivity contribution >= 4 is 28.7 Å². The fourth-order valence-corrected chi connectivity index (χ4v) is 4.05. The number of hydrogen-bond acceptors (Lipinski definition) is 1. The average molecular weight is 370 g/mol. The molecule has 2 heterocycles. The van der Waals surface area contributed by atoms with Crippen LogP contribution in [-0.4, -0.2) is 6.54 Å². The quantitative estimate of drug-likeness (QED) is 0.491. The number of hydrogen-bond donors (Lipinski definition) is 0. The van der Waals surface area contributed by atoms with E-state index in [2.05, 4.69) is 103 Å². The van der Waals surface area contributed by atoms with Crippen LogP contribution in [0.25, 0.3) is 23.1 Å². The van der Waals surface area contributed by atoms with Crippen molar-refractivity contribution in [1.82, 2.24) is 0 Å². The Kier molecular flexibility index (Phi) is 5.29. The van der Waals surface area contributed by atoms with Crippen LogP contribution in [0.1, 0.15) is 43.4 Å². The number of benzene rings is 2. The number of allylic oxidation sites excluding steroid dienone is 1. The summed E-state index contributed by atoms with van der Waals surface area (Å²) in [5.41, 5.74) is 7.73. The van der Waals surface area contributed by atoms with Crippen LogP contribution in [0.4, 0.5) is 5.69 Å². The van der Waals surface area contributed by atoms with Gasteiger partial charge < -0.3 is 4.90 Å². The number of likely N-dealkylation sites (N-methyl/N-ethyl adjacent to an activating group) is 1. The summed E-state index contributed by atoms with van der Waals surface area (Å²) < 4.78 is 2.38. The predicted molar refractivity (Wildman–Crippen MR) is 120 cm³/mol. The molecule has 1 aliphatic rings. The van der Waals surface area contributed by atoms with Crippen LogP contribution in [0.3, 0.4) is 0 Å². The van der Waals surface area contributed by atoms with E-state index >= 15 is 0 Å². The van der Waals surface area contributed by atoms with Gasteiger partial charge in [0.2, 0.25) is 5.52 Å². The van der Waals surface area contributed by atoms with Crippen molar-refractivity contribution in [2.45, 2.75) is 40.2 Å². The van der Waals surface area contributed by atoms with E-state index in [0.29, 0.717) is 0 Å². The lowest BCUT2D eigenvalue weighted by Crippen LogP contribution is -2.34. The van der Waals surface area contributed by atoms with E-state index < -0.39 is 0 Å². The highest BCUT2D eigenvalue weighted by molar-refractivity contribution is 5.88. The molecule has 2 heteroatoms. The molecular formula is C26H29N2+. The van der Waals surface area contributed by atoms with Gasteiger partial charge in [-0.25, -0.2) is 0 Å². The summed E-state index contributed by atoms with van der Waals surface area (Å²) in [6.07, 6.45) is 11.5. The number of nitrogens with zero attached hydrogens (tertiary/aromatic N) is 2. The summed E-state index contributed by atoms with van der Waals surface area (Å²) in [5, 5.41) is 1.31.